The van der Waals surface area contributed by atoms with Gasteiger partial charge in [-0.1, -0.05) is 18.2 Å². The van der Waals surface area contributed by atoms with Gasteiger partial charge in [0.05, 0.1) is 43.3 Å². The maximum absolute atomic E-state index is 14.3. The van der Waals surface area contributed by atoms with Gasteiger partial charge in [-0.25, -0.2) is 9.50 Å². The van der Waals surface area contributed by atoms with E-state index in [0.717, 1.165) is 6.20 Å². The number of aliphatic hydroxyl groups excluding tert-OH is 1. The summed E-state index contributed by atoms with van der Waals surface area (Å²) in [6.45, 7) is 3.98. The van der Waals surface area contributed by atoms with Crippen molar-refractivity contribution in [1.82, 2.24) is 24.4 Å². The third-order valence-electron chi connectivity index (χ3n) is 7.72. The molecule has 1 aliphatic rings. The number of carbonyl (C=O) groups excluding carboxylic acids is 1. The van der Waals surface area contributed by atoms with E-state index in [1.54, 1.807) is 53.4 Å². The minimum atomic E-state index is -4.75. The SMILES string of the molecule is COc1ccc(-c2nc3c(C(=O)N4CCN([C@H](CO)c5ccccc5C#N)C[C@H]4C)cnn3c(C(F)(F)F)c2C)cc1. The predicted octanol–water partition coefficient (Wildman–Crippen LogP) is 4.48. The highest BCUT2D eigenvalue weighted by Gasteiger charge is 2.40. The molecule has 4 aromatic rings. The van der Waals surface area contributed by atoms with Crippen molar-refractivity contribution in [3.63, 3.8) is 0 Å². The number of nitriles is 1. The third kappa shape index (κ3) is 5.17. The Morgan fingerprint density at radius 2 is 1.90 bits per heavy atom. The summed E-state index contributed by atoms with van der Waals surface area (Å²) in [4.78, 5) is 21.9. The molecule has 2 atom stereocenters. The molecule has 3 heterocycles. The van der Waals surface area contributed by atoms with Crippen LogP contribution in [-0.2, 0) is 6.18 Å². The van der Waals surface area contributed by atoms with Crippen molar-refractivity contribution >= 4 is 11.6 Å². The van der Waals surface area contributed by atoms with E-state index in [1.165, 1.54) is 14.0 Å². The summed E-state index contributed by atoms with van der Waals surface area (Å²) in [6.07, 6.45) is -3.62. The van der Waals surface area contributed by atoms with Crippen molar-refractivity contribution in [2.45, 2.75) is 32.1 Å². The molecule has 5 rings (SSSR count). The summed E-state index contributed by atoms with van der Waals surface area (Å²) in [6, 6.07) is 14.9. The molecule has 0 aliphatic carbocycles. The number of fused-ring (bicyclic) bond motifs is 1. The minimum absolute atomic E-state index is 0.0379. The molecule has 9 nitrogen and oxygen atoms in total. The van der Waals surface area contributed by atoms with Crippen LogP contribution in [0.25, 0.3) is 16.9 Å². The molecule has 1 aliphatic heterocycles. The number of benzene rings is 2. The number of alkyl halides is 3. The van der Waals surface area contributed by atoms with E-state index in [9.17, 15) is 28.3 Å². The Hall–Kier alpha value is -4.47. The van der Waals surface area contributed by atoms with Crippen molar-refractivity contribution in [2.75, 3.05) is 33.4 Å². The van der Waals surface area contributed by atoms with Crippen molar-refractivity contribution in [2.24, 2.45) is 0 Å². The number of hydrogen-bond donors (Lipinski definition) is 1. The second kappa shape index (κ2) is 11.4. The molecule has 2 aromatic carbocycles. The van der Waals surface area contributed by atoms with Crippen LogP contribution in [0.3, 0.4) is 0 Å². The molecule has 218 valence electrons. The summed E-state index contributed by atoms with van der Waals surface area (Å²) >= 11 is 0. The summed E-state index contributed by atoms with van der Waals surface area (Å²) in [5, 5.41) is 23.7. The standard InChI is InChI=1S/C30H29F3N6O3/c1-18-16-37(25(17-40)23-7-5-4-6-21(23)14-34)12-13-38(18)29(41)24-15-35-39-27(30(31,32)33)19(2)26(36-28(24)39)20-8-10-22(42-3)11-9-20/h4-11,15,18,25,40H,12-13,16-17H2,1-3H3/t18-,25-/m1/s1. The van der Waals surface area contributed by atoms with Crippen LogP contribution in [0, 0.1) is 18.3 Å². The van der Waals surface area contributed by atoms with Crippen LogP contribution in [0.5, 0.6) is 5.75 Å². The van der Waals surface area contributed by atoms with Crippen molar-refractivity contribution in [3.8, 4) is 23.1 Å². The maximum Gasteiger partial charge on any atom is 0.433 e. The van der Waals surface area contributed by atoms with Gasteiger partial charge in [-0.3, -0.25) is 9.69 Å². The van der Waals surface area contributed by atoms with Crippen LogP contribution in [0.2, 0.25) is 0 Å². The van der Waals surface area contributed by atoms with E-state index < -0.39 is 23.8 Å². The molecule has 0 saturated carbocycles. The molecule has 0 spiro atoms. The third-order valence-corrected chi connectivity index (χ3v) is 7.72. The van der Waals surface area contributed by atoms with Gasteiger partial charge in [-0.15, -0.1) is 0 Å². The maximum atomic E-state index is 14.3. The van der Waals surface area contributed by atoms with Gasteiger partial charge < -0.3 is 14.7 Å². The first-order valence-corrected chi connectivity index (χ1v) is 13.3. The lowest BCUT2D eigenvalue weighted by atomic mass is 9.98. The average Bonchev–Trinajstić information content (AvgIpc) is 3.39. The van der Waals surface area contributed by atoms with Gasteiger partial charge in [0.1, 0.15) is 11.3 Å². The van der Waals surface area contributed by atoms with Crippen LogP contribution in [0.15, 0.2) is 54.7 Å². The molecule has 1 fully saturated rings. The first-order chi connectivity index (χ1) is 20.1. The van der Waals surface area contributed by atoms with Gasteiger partial charge in [0.2, 0.25) is 0 Å². The smallest absolute Gasteiger partial charge is 0.433 e. The van der Waals surface area contributed by atoms with Crippen LogP contribution < -0.4 is 4.74 Å². The van der Waals surface area contributed by atoms with Crippen LogP contribution >= 0.6 is 0 Å². The average molecular weight is 579 g/mol. The highest BCUT2D eigenvalue weighted by atomic mass is 19.4. The lowest BCUT2D eigenvalue weighted by Gasteiger charge is -2.43. The van der Waals surface area contributed by atoms with E-state index >= 15 is 0 Å². The Kier molecular flexibility index (Phi) is 7.90. The van der Waals surface area contributed by atoms with Gasteiger partial charge >= 0.3 is 6.18 Å². The first-order valence-electron chi connectivity index (χ1n) is 13.3. The van der Waals surface area contributed by atoms with Crippen LogP contribution in [0.1, 0.15) is 45.7 Å². The number of halogens is 3. The molecule has 0 radical (unpaired) electrons. The number of aromatic nitrogens is 3. The van der Waals surface area contributed by atoms with Gasteiger partial charge in [0, 0.05) is 36.8 Å². The second-order valence-corrected chi connectivity index (χ2v) is 10.2. The number of rotatable bonds is 6. The Balaban J connectivity index is 1.49. The highest BCUT2D eigenvalue weighted by Crippen LogP contribution is 2.37. The highest BCUT2D eigenvalue weighted by molar-refractivity contribution is 6.00. The molecule has 0 bridgehead atoms. The van der Waals surface area contributed by atoms with E-state index in [1.807, 2.05) is 11.8 Å². The number of carbonyl (C=O) groups is 1. The molecule has 1 N–H and O–H groups in total. The summed E-state index contributed by atoms with van der Waals surface area (Å²) in [7, 11) is 1.49. The lowest BCUT2D eigenvalue weighted by Crippen LogP contribution is -2.55. The van der Waals surface area contributed by atoms with Gasteiger partial charge in [0.25, 0.3) is 5.91 Å². The zero-order valence-electron chi connectivity index (χ0n) is 23.3. The Morgan fingerprint density at radius 1 is 1.19 bits per heavy atom. The van der Waals surface area contributed by atoms with Gasteiger partial charge in [0.15, 0.2) is 11.3 Å². The number of ether oxygens (including phenoxy) is 1. The minimum Gasteiger partial charge on any atom is -0.497 e. The van der Waals surface area contributed by atoms with Crippen molar-refractivity contribution < 1.29 is 27.8 Å². The molecular formula is C30H29F3N6O3. The quantitative estimate of drug-likeness (QED) is 0.360. The monoisotopic (exact) mass is 578 g/mol. The predicted molar refractivity (Wildman–Crippen MR) is 148 cm³/mol. The molecule has 12 heteroatoms. The summed E-state index contributed by atoms with van der Waals surface area (Å²) in [5.74, 6) is 0.0571. The van der Waals surface area contributed by atoms with E-state index in [-0.39, 0.29) is 41.7 Å². The topological polar surface area (TPSA) is 107 Å². The fraction of sp³-hybridized carbons (Fsp3) is 0.333. The van der Waals surface area contributed by atoms with Crippen LogP contribution in [0.4, 0.5) is 13.2 Å². The molecule has 1 saturated heterocycles. The Bertz CT molecular complexity index is 1660. The molecule has 2 aromatic heterocycles. The van der Waals surface area contributed by atoms with Crippen molar-refractivity contribution in [1.29, 1.82) is 5.26 Å². The van der Waals surface area contributed by atoms with E-state index in [0.29, 0.717) is 40.0 Å². The number of piperazine rings is 1. The molecular weight excluding hydrogens is 549 g/mol. The van der Waals surface area contributed by atoms with Gasteiger partial charge in [-0.05, 0) is 49.7 Å². The molecule has 42 heavy (non-hydrogen) atoms. The number of methoxy groups -OCH3 is 1. The zero-order valence-corrected chi connectivity index (χ0v) is 23.3. The normalized spacial score (nSPS) is 16.8. The summed E-state index contributed by atoms with van der Waals surface area (Å²) < 4.78 is 48.8. The molecule has 0 unspecified atom stereocenters. The fourth-order valence-electron chi connectivity index (χ4n) is 5.61. The zero-order chi connectivity index (χ0) is 30.2. The number of nitrogens with zero attached hydrogens (tertiary/aromatic N) is 6. The second-order valence-electron chi connectivity index (χ2n) is 10.2. The van der Waals surface area contributed by atoms with E-state index in [2.05, 4.69) is 16.2 Å². The van der Waals surface area contributed by atoms with Crippen LogP contribution in [-0.4, -0.2) is 74.8 Å². The Morgan fingerprint density at radius 3 is 2.52 bits per heavy atom. The number of amides is 1. The van der Waals surface area contributed by atoms with Crippen molar-refractivity contribution in [3.05, 3.63) is 82.7 Å². The van der Waals surface area contributed by atoms with E-state index in [4.69, 9.17) is 4.74 Å². The Labute approximate surface area is 240 Å². The largest absolute Gasteiger partial charge is 0.497 e. The lowest BCUT2D eigenvalue weighted by molar-refractivity contribution is -0.143. The number of hydrogen-bond acceptors (Lipinski definition) is 7. The fourth-order valence-corrected chi connectivity index (χ4v) is 5.61. The first kappa shape index (κ1) is 29.0. The number of aliphatic hydroxyl groups is 1. The van der Waals surface area contributed by atoms with Gasteiger partial charge in [-0.2, -0.15) is 23.5 Å². The summed E-state index contributed by atoms with van der Waals surface area (Å²) in [5.41, 5.74) is 0.348. The molecule has 1 amide bonds.